The zero-order valence-corrected chi connectivity index (χ0v) is 7.92. The molecule has 0 fully saturated rings. The molecule has 0 radical (unpaired) electrons. The molecule has 1 aliphatic rings. The van der Waals surface area contributed by atoms with Gasteiger partial charge in [0, 0.05) is 13.3 Å². The highest BCUT2D eigenvalue weighted by molar-refractivity contribution is 5.73. The van der Waals surface area contributed by atoms with E-state index in [1.165, 1.54) is 0 Å². The maximum absolute atomic E-state index is 11.1. The molecule has 4 heteroatoms. The summed E-state index contributed by atoms with van der Waals surface area (Å²) in [6.45, 7) is 5.02. The Balaban J connectivity index is 2.19. The fourth-order valence-corrected chi connectivity index (χ4v) is 1.58. The van der Waals surface area contributed by atoms with Gasteiger partial charge in [0.15, 0.2) is 0 Å². The Kier molecular flexibility index (Phi) is 1.83. The standard InChI is InChI=1S/C9H13N3O/c1-3-9-10-7-4-12(6(2)13)5-8(7)11-9/h3-5H2,1-2H3,(H,10,11). The highest BCUT2D eigenvalue weighted by Crippen LogP contribution is 2.20. The fraction of sp³-hybridized carbons (Fsp3) is 0.556. The number of H-pyrrole nitrogens is 1. The van der Waals surface area contributed by atoms with Crippen molar-refractivity contribution < 1.29 is 4.79 Å². The monoisotopic (exact) mass is 179 g/mol. The van der Waals surface area contributed by atoms with Crippen LogP contribution in [-0.4, -0.2) is 20.8 Å². The summed E-state index contributed by atoms with van der Waals surface area (Å²) in [7, 11) is 0. The Hall–Kier alpha value is -1.32. The van der Waals surface area contributed by atoms with Crippen LogP contribution in [0.1, 0.15) is 31.1 Å². The molecule has 0 aromatic carbocycles. The summed E-state index contributed by atoms with van der Waals surface area (Å²) >= 11 is 0. The lowest BCUT2D eigenvalue weighted by molar-refractivity contribution is -0.129. The van der Waals surface area contributed by atoms with Gasteiger partial charge >= 0.3 is 0 Å². The molecule has 13 heavy (non-hydrogen) atoms. The number of nitrogens with zero attached hydrogens (tertiary/aromatic N) is 2. The fourth-order valence-electron chi connectivity index (χ4n) is 1.58. The van der Waals surface area contributed by atoms with Crippen molar-refractivity contribution in [1.82, 2.24) is 14.9 Å². The number of aromatic amines is 1. The van der Waals surface area contributed by atoms with Gasteiger partial charge in [0.1, 0.15) is 5.82 Å². The van der Waals surface area contributed by atoms with Gasteiger partial charge in [0.2, 0.25) is 5.91 Å². The number of amides is 1. The van der Waals surface area contributed by atoms with Crippen LogP contribution < -0.4 is 0 Å². The number of hydrogen-bond donors (Lipinski definition) is 1. The van der Waals surface area contributed by atoms with Gasteiger partial charge in [-0.25, -0.2) is 4.98 Å². The number of imidazole rings is 1. The van der Waals surface area contributed by atoms with E-state index >= 15 is 0 Å². The first-order chi connectivity index (χ1) is 6.20. The molecule has 1 aromatic rings. The molecule has 0 spiro atoms. The highest BCUT2D eigenvalue weighted by atomic mass is 16.2. The first kappa shape index (κ1) is 8.29. The molecule has 2 heterocycles. The molecule has 0 saturated heterocycles. The number of carbonyl (C=O) groups is 1. The number of carbonyl (C=O) groups excluding carboxylic acids is 1. The lowest BCUT2D eigenvalue weighted by Gasteiger charge is -2.11. The summed E-state index contributed by atoms with van der Waals surface area (Å²) in [5.41, 5.74) is 2.14. The van der Waals surface area contributed by atoms with Gasteiger partial charge < -0.3 is 9.88 Å². The maximum atomic E-state index is 11.1. The molecule has 0 atom stereocenters. The van der Waals surface area contributed by atoms with Crippen LogP contribution in [0.15, 0.2) is 0 Å². The second-order valence-electron chi connectivity index (χ2n) is 3.34. The summed E-state index contributed by atoms with van der Waals surface area (Å²) < 4.78 is 0. The summed E-state index contributed by atoms with van der Waals surface area (Å²) in [5, 5.41) is 0. The van der Waals surface area contributed by atoms with Crippen molar-refractivity contribution in [2.75, 3.05) is 0 Å². The average Bonchev–Trinajstić information content (AvgIpc) is 2.58. The average molecular weight is 179 g/mol. The number of fused-ring (bicyclic) bond motifs is 1. The van der Waals surface area contributed by atoms with Crippen LogP contribution in [0.25, 0.3) is 0 Å². The van der Waals surface area contributed by atoms with Crippen molar-refractivity contribution in [3.05, 3.63) is 17.2 Å². The summed E-state index contributed by atoms with van der Waals surface area (Å²) in [6.07, 6.45) is 0.924. The molecule has 2 rings (SSSR count). The lowest BCUT2D eigenvalue weighted by atomic mass is 10.4. The van der Waals surface area contributed by atoms with Gasteiger partial charge in [-0.1, -0.05) is 6.92 Å². The molecule has 0 saturated carbocycles. The molecule has 1 amide bonds. The summed E-state index contributed by atoms with van der Waals surface area (Å²) in [6, 6.07) is 0. The third-order valence-electron chi connectivity index (χ3n) is 2.38. The molecule has 70 valence electrons. The number of hydrogen-bond acceptors (Lipinski definition) is 2. The number of nitrogens with one attached hydrogen (secondary N) is 1. The molecule has 0 aliphatic carbocycles. The second-order valence-corrected chi connectivity index (χ2v) is 3.34. The minimum atomic E-state index is 0.115. The van der Waals surface area contributed by atoms with Crippen molar-refractivity contribution in [2.24, 2.45) is 0 Å². The van der Waals surface area contributed by atoms with Gasteiger partial charge in [-0.05, 0) is 0 Å². The van der Waals surface area contributed by atoms with Crippen LogP contribution in [0.5, 0.6) is 0 Å². The molecule has 1 aromatic heterocycles. The summed E-state index contributed by atoms with van der Waals surface area (Å²) in [5.74, 6) is 1.14. The third-order valence-corrected chi connectivity index (χ3v) is 2.38. The van der Waals surface area contributed by atoms with E-state index in [0.29, 0.717) is 13.1 Å². The highest BCUT2D eigenvalue weighted by Gasteiger charge is 2.23. The Bertz CT molecular complexity index is 319. The molecule has 4 nitrogen and oxygen atoms in total. The lowest BCUT2D eigenvalue weighted by Crippen LogP contribution is -2.22. The van der Waals surface area contributed by atoms with Crippen LogP contribution in [0, 0.1) is 0 Å². The molecular formula is C9H13N3O. The van der Waals surface area contributed by atoms with E-state index in [1.807, 2.05) is 0 Å². The van der Waals surface area contributed by atoms with Crippen molar-refractivity contribution in [1.29, 1.82) is 0 Å². The number of aromatic nitrogens is 2. The van der Waals surface area contributed by atoms with E-state index in [1.54, 1.807) is 11.8 Å². The van der Waals surface area contributed by atoms with E-state index in [-0.39, 0.29) is 5.91 Å². The van der Waals surface area contributed by atoms with E-state index in [0.717, 1.165) is 23.6 Å². The molecule has 0 unspecified atom stereocenters. The van der Waals surface area contributed by atoms with E-state index in [2.05, 4.69) is 16.9 Å². The smallest absolute Gasteiger partial charge is 0.220 e. The van der Waals surface area contributed by atoms with E-state index in [4.69, 9.17) is 0 Å². The normalized spacial score (nSPS) is 14.8. The van der Waals surface area contributed by atoms with E-state index < -0.39 is 0 Å². The zero-order valence-electron chi connectivity index (χ0n) is 7.92. The number of rotatable bonds is 1. The van der Waals surface area contributed by atoms with Gasteiger partial charge in [-0.15, -0.1) is 0 Å². The van der Waals surface area contributed by atoms with Crippen LogP contribution in [0.2, 0.25) is 0 Å². The third kappa shape index (κ3) is 1.32. The quantitative estimate of drug-likeness (QED) is 0.694. The Labute approximate surface area is 77.0 Å². The first-order valence-electron chi connectivity index (χ1n) is 4.53. The maximum Gasteiger partial charge on any atom is 0.220 e. The second kappa shape index (κ2) is 2.87. The minimum Gasteiger partial charge on any atom is -0.344 e. The predicted molar refractivity (Wildman–Crippen MR) is 47.9 cm³/mol. The van der Waals surface area contributed by atoms with Gasteiger partial charge in [0.25, 0.3) is 0 Å². The van der Waals surface area contributed by atoms with Crippen LogP contribution in [-0.2, 0) is 24.3 Å². The van der Waals surface area contributed by atoms with Gasteiger partial charge in [-0.2, -0.15) is 0 Å². The number of aryl methyl sites for hydroxylation is 1. The largest absolute Gasteiger partial charge is 0.344 e. The molecule has 1 N–H and O–H groups in total. The molecule has 0 bridgehead atoms. The van der Waals surface area contributed by atoms with Crippen LogP contribution in [0.4, 0.5) is 0 Å². The minimum absolute atomic E-state index is 0.115. The van der Waals surface area contributed by atoms with Crippen LogP contribution >= 0.6 is 0 Å². The Morgan fingerprint density at radius 1 is 1.62 bits per heavy atom. The molecular weight excluding hydrogens is 166 g/mol. The Morgan fingerprint density at radius 3 is 2.92 bits per heavy atom. The van der Waals surface area contributed by atoms with Crippen molar-refractivity contribution >= 4 is 5.91 Å². The first-order valence-corrected chi connectivity index (χ1v) is 4.53. The SMILES string of the molecule is CCc1nc2c([nH]1)CN(C(C)=O)C2. The zero-order chi connectivity index (χ0) is 9.42. The molecule has 1 aliphatic heterocycles. The van der Waals surface area contributed by atoms with E-state index in [9.17, 15) is 4.79 Å². The van der Waals surface area contributed by atoms with Crippen molar-refractivity contribution in [2.45, 2.75) is 33.4 Å². The summed E-state index contributed by atoms with van der Waals surface area (Å²) in [4.78, 5) is 20.5. The Morgan fingerprint density at radius 2 is 2.38 bits per heavy atom. The van der Waals surface area contributed by atoms with Gasteiger partial charge in [0.05, 0.1) is 24.5 Å². The predicted octanol–water partition coefficient (Wildman–Crippen LogP) is 0.834. The van der Waals surface area contributed by atoms with Crippen molar-refractivity contribution in [3.8, 4) is 0 Å². The van der Waals surface area contributed by atoms with Crippen molar-refractivity contribution in [3.63, 3.8) is 0 Å². The van der Waals surface area contributed by atoms with Crippen LogP contribution in [0.3, 0.4) is 0 Å². The van der Waals surface area contributed by atoms with Gasteiger partial charge in [-0.3, -0.25) is 4.79 Å². The topological polar surface area (TPSA) is 49.0 Å².